The van der Waals surface area contributed by atoms with Crippen molar-refractivity contribution in [2.24, 2.45) is 11.8 Å². The highest BCUT2D eigenvalue weighted by Crippen LogP contribution is 2.42. The highest BCUT2D eigenvalue weighted by molar-refractivity contribution is 5.85. The van der Waals surface area contributed by atoms with E-state index in [1.54, 1.807) is 0 Å². The molecule has 1 heterocycles. The molecule has 0 aromatic rings. The number of aliphatic hydroxyl groups is 1. The first-order valence-electron chi connectivity index (χ1n) is 3.26. The Morgan fingerprint density at radius 2 is 2.11 bits per heavy atom. The molecule has 0 aromatic carbocycles. The van der Waals surface area contributed by atoms with Gasteiger partial charge in [0.05, 0.1) is 6.10 Å². The number of nitrogens with one attached hydrogen (secondary N) is 1. The Morgan fingerprint density at radius 3 is 2.67 bits per heavy atom. The van der Waals surface area contributed by atoms with Crippen LogP contribution in [0, 0.1) is 11.8 Å². The van der Waals surface area contributed by atoms with Gasteiger partial charge in [-0.05, 0) is 24.8 Å². The minimum absolute atomic E-state index is 0. The Bertz CT molecular complexity index is 109. The van der Waals surface area contributed by atoms with Gasteiger partial charge in [-0.25, -0.2) is 0 Å². The van der Waals surface area contributed by atoms with Crippen LogP contribution in [0.1, 0.15) is 6.42 Å². The molecule has 2 aliphatic rings. The fourth-order valence-corrected chi connectivity index (χ4v) is 1.54. The normalized spacial score (nSPS) is 47.0. The second kappa shape index (κ2) is 2.45. The van der Waals surface area contributed by atoms with Gasteiger partial charge >= 0.3 is 0 Å². The number of hydrogen-bond acceptors (Lipinski definition) is 2. The summed E-state index contributed by atoms with van der Waals surface area (Å²) >= 11 is 0. The van der Waals surface area contributed by atoms with Crippen molar-refractivity contribution >= 4 is 12.4 Å². The van der Waals surface area contributed by atoms with Gasteiger partial charge in [-0.15, -0.1) is 12.4 Å². The Morgan fingerprint density at radius 1 is 1.33 bits per heavy atom. The minimum atomic E-state index is -0.0336. The molecule has 3 atom stereocenters. The van der Waals surface area contributed by atoms with Crippen LogP contribution in [-0.2, 0) is 0 Å². The number of hydrogen-bond donors (Lipinski definition) is 2. The van der Waals surface area contributed by atoms with E-state index in [2.05, 4.69) is 5.32 Å². The number of piperidine rings is 1. The van der Waals surface area contributed by atoms with Gasteiger partial charge in [0.2, 0.25) is 0 Å². The molecule has 0 bridgehead atoms. The molecule has 2 rings (SSSR count). The van der Waals surface area contributed by atoms with Gasteiger partial charge in [-0.2, -0.15) is 0 Å². The number of aliphatic hydroxyl groups excluding tert-OH is 1. The van der Waals surface area contributed by atoms with Gasteiger partial charge in [-0.1, -0.05) is 0 Å². The first-order valence-corrected chi connectivity index (χ1v) is 3.26. The van der Waals surface area contributed by atoms with Crippen LogP contribution in [0.3, 0.4) is 0 Å². The SMILES string of the molecule is Cl.OC1CNCC2CC12. The number of halogens is 1. The van der Waals surface area contributed by atoms with Crippen molar-refractivity contribution < 1.29 is 5.11 Å². The largest absolute Gasteiger partial charge is 0.392 e. The molecule has 54 valence electrons. The molecule has 2 nitrogen and oxygen atoms in total. The second-order valence-corrected chi connectivity index (χ2v) is 2.89. The maximum absolute atomic E-state index is 9.16. The van der Waals surface area contributed by atoms with Crippen LogP contribution in [0.4, 0.5) is 0 Å². The average Bonchev–Trinajstić information content (AvgIpc) is 2.45. The lowest BCUT2D eigenvalue weighted by molar-refractivity contribution is 0.128. The zero-order valence-electron chi connectivity index (χ0n) is 5.21. The van der Waals surface area contributed by atoms with E-state index in [1.807, 2.05) is 0 Å². The van der Waals surface area contributed by atoms with Crippen LogP contribution in [0.25, 0.3) is 0 Å². The van der Waals surface area contributed by atoms with Crippen molar-refractivity contribution in [1.82, 2.24) is 5.32 Å². The van der Waals surface area contributed by atoms with Crippen molar-refractivity contribution in [1.29, 1.82) is 0 Å². The first-order chi connectivity index (χ1) is 3.88. The van der Waals surface area contributed by atoms with E-state index in [4.69, 9.17) is 5.11 Å². The van der Waals surface area contributed by atoms with Gasteiger partial charge in [0.1, 0.15) is 0 Å². The van der Waals surface area contributed by atoms with Gasteiger partial charge in [0.25, 0.3) is 0 Å². The lowest BCUT2D eigenvalue weighted by Gasteiger charge is -2.16. The Labute approximate surface area is 61.0 Å². The van der Waals surface area contributed by atoms with E-state index in [-0.39, 0.29) is 18.5 Å². The van der Waals surface area contributed by atoms with Crippen LogP contribution in [0.2, 0.25) is 0 Å². The highest BCUT2D eigenvalue weighted by atomic mass is 35.5. The Balaban J connectivity index is 0.000000405. The summed E-state index contributed by atoms with van der Waals surface area (Å²) in [5, 5.41) is 12.3. The molecule has 1 saturated carbocycles. The van der Waals surface area contributed by atoms with E-state index < -0.39 is 0 Å². The third kappa shape index (κ3) is 1.20. The van der Waals surface area contributed by atoms with Crippen LogP contribution >= 0.6 is 12.4 Å². The number of fused-ring (bicyclic) bond motifs is 1. The molecular weight excluding hydrogens is 138 g/mol. The summed E-state index contributed by atoms with van der Waals surface area (Å²) < 4.78 is 0. The molecule has 2 fully saturated rings. The summed E-state index contributed by atoms with van der Waals surface area (Å²) in [4.78, 5) is 0. The fraction of sp³-hybridized carbons (Fsp3) is 1.00. The Hall–Kier alpha value is 0.210. The monoisotopic (exact) mass is 149 g/mol. The van der Waals surface area contributed by atoms with Gasteiger partial charge in [-0.3, -0.25) is 0 Å². The molecule has 3 unspecified atom stereocenters. The van der Waals surface area contributed by atoms with Crippen molar-refractivity contribution in [2.45, 2.75) is 12.5 Å². The summed E-state index contributed by atoms with van der Waals surface area (Å²) in [6.07, 6.45) is 1.22. The molecule has 0 radical (unpaired) electrons. The quantitative estimate of drug-likeness (QED) is 0.509. The summed E-state index contributed by atoms with van der Waals surface area (Å²) in [7, 11) is 0. The third-order valence-electron chi connectivity index (χ3n) is 2.23. The zero-order valence-corrected chi connectivity index (χ0v) is 6.03. The molecule has 3 heteroatoms. The molecular formula is C6H12ClNO. The summed E-state index contributed by atoms with van der Waals surface area (Å²) in [6, 6.07) is 0. The van der Waals surface area contributed by atoms with E-state index in [0.29, 0.717) is 5.92 Å². The molecule has 0 amide bonds. The zero-order chi connectivity index (χ0) is 5.56. The van der Waals surface area contributed by atoms with E-state index >= 15 is 0 Å². The molecule has 1 aliphatic heterocycles. The van der Waals surface area contributed by atoms with E-state index in [0.717, 1.165) is 19.0 Å². The van der Waals surface area contributed by atoms with Crippen LogP contribution < -0.4 is 5.32 Å². The predicted octanol–water partition coefficient (Wildman–Crippen LogP) is 0.00840. The second-order valence-electron chi connectivity index (χ2n) is 2.89. The summed E-state index contributed by atoms with van der Waals surface area (Å²) in [5.74, 6) is 1.48. The third-order valence-corrected chi connectivity index (χ3v) is 2.23. The smallest absolute Gasteiger partial charge is 0.0695 e. The van der Waals surface area contributed by atoms with Crippen molar-refractivity contribution in [3.63, 3.8) is 0 Å². The molecule has 0 spiro atoms. The van der Waals surface area contributed by atoms with Crippen LogP contribution in [0.5, 0.6) is 0 Å². The standard InChI is InChI=1S/C6H11NO.ClH/c8-6-3-7-2-4-1-5(4)6;/h4-8H,1-3H2;1H. The topological polar surface area (TPSA) is 32.3 Å². The van der Waals surface area contributed by atoms with Crippen LogP contribution in [0.15, 0.2) is 0 Å². The summed E-state index contributed by atoms with van der Waals surface area (Å²) in [6.45, 7) is 1.96. The van der Waals surface area contributed by atoms with Crippen LogP contribution in [-0.4, -0.2) is 24.3 Å². The molecule has 0 aromatic heterocycles. The maximum Gasteiger partial charge on any atom is 0.0695 e. The average molecular weight is 150 g/mol. The Kier molecular flexibility index (Phi) is 1.99. The maximum atomic E-state index is 9.16. The number of rotatable bonds is 0. The number of β-amino-alcohol motifs (C(OH)–C–C–N with tert-alkyl or cyclic N) is 1. The van der Waals surface area contributed by atoms with E-state index in [1.165, 1.54) is 6.42 Å². The van der Waals surface area contributed by atoms with Crippen molar-refractivity contribution in [3.05, 3.63) is 0 Å². The fourth-order valence-electron chi connectivity index (χ4n) is 1.54. The van der Waals surface area contributed by atoms with Gasteiger partial charge in [0, 0.05) is 6.54 Å². The van der Waals surface area contributed by atoms with E-state index in [9.17, 15) is 0 Å². The predicted molar refractivity (Wildman–Crippen MR) is 37.7 cm³/mol. The molecule has 1 aliphatic carbocycles. The van der Waals surface area contributed by atoms with Gasteiger partial charge < -0.3 is 10.4 Å². The van der Waals surface area contributed by atoms with Crippen molar-refractivity contribution in [3.8, 4) is 0 Å². The molecule has 1 saturated heterocycles. The van der Waals surface area contributed by atoms with Crippen molar-refractivity contribution in [2.75, 3.05) is 13.1 Å². The summed E-state index contributed by atoms with van der Waals surface area (Å²) in [5.41, 5.74) is 0. The lowest BCUT2D eigenvalue weighted by atomic mass is 10.1. The molecule has 9 heavy (non-hydrogen) atoms. The highest BCUT2D eigenvalue weighted by Gasteiger charge is 2.44. The lowest BCUT2D eigenvalue weighted by Crippen LogP contribution is -2.35. The van der Waals surface area contributed by atoms with Gasteiger partial charge in [0.15, 0.2) is 0 Å². The first kappa shape index (κ1) is 7.32. The minimum Gasteiger partial charge on any atom is -0.392 e. The molecule has 2 N–H and O–H groups in total.